The molecule has 0 bridgehead atoms. The molecule has 0 aliphatic heterocycles. The first-order valence-corrected chi connectivity index (χ1v) is 15.6. The molecule has 19 heavy (non-hydrogen) atoms. The van der Waals surface area contributed by atoms with Crippen molar-refractivity contribution >= 4 is 18.4 Å². The summed E-state index contributed by atoms with van der Waals surface area (Å²) < 4.78 is 5.84. The van der Waals surface area contributed by atoms with E-state index in [2.05, 4.69) is 39.5 Å². The topological polar surface area (TPSA) is 20.2 Å². The summed E-state index contributed by atoms with van der Waals surface area (Å²) in [5, 5.41) is 9.32. The third-order valence-corrected chi connectivity index (χ3v) is 20.1. The average molecular weight is 373 g/mol. The molecular weight excluding hydrogens is 339 g/mol. The predicted octanol–water partition coefficient (Wildman–Crippen LogP) is 5.48. The molecule has 1 N–H and O–H groups in total. The Hall–Kier alpha value is 0.239. The van der Waals surface area contributed by atoms with Crippen molar-refractivity contribution in [2.45, 2.75) is 72.6 Å². The van der Waals surface area contributed by atoms with Crippen molar-refractivity contribution in [3.63, 3.8) is 0 Å². The Morgan fingerprint density at radius 3 is 1.63 bits per heavy atom. The van der Waals surface area contributed by atoms with Gasteiger partial charge in [-0.05, 0) is 0 Å². The summed E-state index contributed by atoms with van der Waals surface area (Å²) in [4.78, 5) is 0. The summed E-state index contributed by atoms with van der Waals surface area (Å²) in [6.45, 7) is 11.1. The van der Waals surface area contributed by atoms with Gasteiger partial charge in [0.2, 0.25) is 0 Å². The van der Waals surface area contributed by atoms with E-state index in [-0.39, 0.29) is 6.61 Å². The molecule has 0 saturated heterocycles. The van der Waals surface area contributed by atoms with Crippen LogP contribution < -0.4 is 0 Å². The molecular formula is C17H34OSn. The molecule has 0 aromatic heterocycles. The quantitative estimate of drug-likeness (QED) is 0.355. The molecule has 0 radical (unpaired) electrons. The monoisotopic (exact) mass is 374 g/mol. The van der Waals surface area contributed by atoms with Crippen LogP contribution in [-0.4, -0.2) is 30.1 Å². The molecule has 1 nitrogen and oxygen atoms in total. The number of rotatable bonds is 12. The maximum absolute atomic E-state index is 9.32. The van der Waals surface area contributed by atoms with Gasteiger partial charge in [0.25, 0.3) is 0 Å². The van der Waals surface area contributed by atoms with E-state index in [1.165, 1.54) is 55.4 Å². The van der Waals surface area contributed by atoms with Crippen molar-refractivity contribution in [3.8, 4) is 0 Å². The van der Waals surface area contributed by atoms with Gasteiger partial charge in [0.1, 0.15) is 0 Å². The van der Waals surface area contributed by atoms with E-state index in [0.29, 0.717) is 0 Å². The Labute approximate surface area is 125 Å². The minimum absolute atomic E-state index is 0.185. The summed E-state index contributed by atoms with van der Waals surface area (Å²) in [6.07, 6.45) is 12.1. The molecule has 0 saturated carbocycles. The van der Waals surface area contributed by atoms with Gasteiger partial charge in [0, 0.05) is 0 Å². The first-order valence-electron chi connectivity index (χ1n) is 8.14. The van der Waals surface area contributed by atoms with Crippen LogP contribution in [0.3, 0.4) is 0 Å². The van der Waals surface area contributed by atoms with Crippen LogP contribution in [-0.2, 0) is 0 Å². The normalized spacial score (nSPS) is 12.7. The van der Waals surface area contributed by atoms with Crippen molar-refractivity contribution in [1.29, 1.82) is 0 Å². The molecule has 0 rings (SSSR count). The molecule has 0 aromatic rings. The van der Waals surface area contributed by atoms with Crippen LogP contribution >= 0.6 is 0 Å². The maximum atomic E-state index is 9.32. The fraction of sp³-hybridized carbons (Fsp3) is 0.765. The van der Waals surface area contributed by atoms with Crippen molar-refractivity contribution in [2.24, 2.45) is 0 Å². The van der Waals surface area contributed by atoms with Gasteiger partial charge < -0.3 is 0 Å². The van der Waals surface area contributed by atoms with E-state index in [9.17, 15) is 5.11 Å². The summed E-state index contributed by atoms with van der Waals surface area (Å²) in [5.74, 6) is 0. The molecule has 0 amide bonds. The fourth-order valence-corrected chi connectivity index (χ4v) is 19.1. The van der Waals surface area contributed by atoms with E-state index >= 15 is 0 Å². The van der Waals surface area contributed by atoms with Crippen molar-refractivity contribution in [1.82, 2.24) is 0 Å². The molecule has 0 aliphatic carbocycles. The van der Waals surface area contributed by atoms with Gasteiger partial charge in [-0.2, -0.15) is 0 Å². The fourth-order valence-electron chi connectivity index (χ4n) is 2.97. The third-order valence-electron chi connectivity index (χ3n) is 4.17. The zero-order chi connectivity index (χ0) is 14.6. The second-order valence-corrected chi connectivity index (χ2v) is 18.9. The van der Waals surface area contributed by atoms with Crippen LogP contribution in [0.1, 0.15) is 59.3 Å². The first kappa shape index (κ1) is 19.2. The minimum atomic E-state index is -2.29. The van der Waals surface area contributed by atoms with Crippen molar-refractivity contribution < 1.29 is 5.11 Å². The Morgan fingerprint density at radius 2 is 1.37 bits per heavy atom. The van der Waals surface area contributed by atoms with Crippen LogP contribution in [0.4, 0.5) is 0 Å². The van der Waals surface area contributed by atoms with Crippen LogP contribution in [0, 0.1) is 0 Å². The Morgan fingerprint density at radius 1 is 0.947 bits per heavy atom. The number of aliphatic hydroxyl groups is 1. The average Bonchev–Trinajstić information content (AvgIpc) is 2.44. The van der Waals surface area contributed by atoms with E-state index in [0.717, 1.165) is 0 Å². The molecule has 0 heterocycles. The Balaban J connectivity index is 5.16. The summed E-state index contributed by atoms with van der Waals surface area (Å²) in [7, 11) is 0. The van der Waals surface area contributed by atoms with E-state index in [1.54, 1.807) is 0 Å². The van der Waals surface area contributed by atoms with Gasteiger partial charge in [0.15, 0.2) is 0 Å². The van der Waals surface area contributed by atoms with Gasteiger partial charge in [-0.25, -0.2) is 0 Å². The van der Waals surface area contributed by atoms with E-state index in [1.807, 2.05) is 0 Å². The van der Waals surface area contributed by atoms with Crippen LogP contribution in [0.5, 0.6) is 0 Å². The number of unbranched alkanes of at least 4 members (excludes halogenated alkanes) is 3. The summed E-state index contributed by atoms with van der Waals surface area (Å²) in [6, 6.07) is 0. The van der Waals surface area contributed by atoms with Gasteiger partial charge >= 0.3 is 125 Å². The molecule has 0 atom stereocenters. The second-order valence-electron chi connectivity index (χ2n) is 5.64. The molecule has 0 aromatic carbocycles. The van der Waals surface area contributed by atoms with Gasteiger partial charge in [-0.3, -0.25) is 0 Å². The SMILES string of the molecule is C=C/[C](=C\CO)[Sn]([CH2]CCC)([CH2]CCC)[CH2]CCC. The molecule has 0 spiro atoms. The molecule has 2 heteroatoms. The predicted molar refractivity (Wildman–Crippen MR) is 90.3 cm³/mol. The van der Waals surface area contributed by atoms with Crippen LogP contribution in [0.2, 0.25) is 13.3 Å². The van der Waals surface area contributed by atoms with Gasteiger partial charge in [-0.1, -0.05) is 0 Å². The van der Waals surface area contributed by atoms with Gasteiger partial charge in [-0.15, -0.1) is 0 Å². The standard InChI is InChI=1S/C5H7O.3C4H9.Sn/c1-2-3-4-5-6;3*1-3-4-2;/h2,4,6H,1,5H2;3*1,3-4H2,2H3;. The van der Waals surface area contributed by atoms with E-state index < -0.39 is 18.4 Å². The number of hydrogen-bond acceptors (Lipinski definition) is 1. The number of allylic oxidation sites excluding steroid dienone is 2. The van der Waals surface area contributed by atoms with Crippen molar-refractivity contribution in [2.75, 3.05) is 6.61 Å². The van der Waals surface area contributed by atoms with Gasteiger partial charge in [0.05, 0.1) is 0 Å². The van der Waals surface area contributed by atoms with Crippen molar-refractivity contribution in [3.05, 3.63) is 22.3 Å². The summed E-state index contributed by atoms with van der Waals surface area (Å²) in [5.41, 5.74) is 0. The zero-order valence-corrected chi connectivity index (χ0v) is 16.2. The summed E-state index contributed by atoms with van der Waals surface area (Å²) >= 11 is -2.29. The number of hydrogen-bond donors (Lipinski definition) is 1. The molecule has 112 valence electrons. The zero-order valence-electron chi connectivity index (χ0n) is 13.4. The van der Waals surface area contributed by atoms with E-state index in [4.69, 9.17) is 0 Å². The first-order chi connectivity index (χ1) is 9.20. The molecule has 0 fully saturated rings. The third kappa shape index (κ3) is 6.99. The van der Waals surface area contributed by atoms with Crippen LogP contribution in [0.15, 0.2) is 22.3 Å². The second kappa shape index (κ2) is 12.0. The Kier molecular flexibility index (Phi) is 12.2. The Bertz CT molecular complexity index is 236. The number of aliphatic hydroxyl groups excluding tert-OH is 1. The molecule has 0 aliphatic rings. The van der Waals surface area contributed by atoms with Crippen LogP contribution in [0.25, 0.3) is 0 Å². The molecule has 0 unspecified atom stereocenters.